The topological polar surface area (TPSA) is 183 Å². The van der Waals surface area contributed by atoms with Gasteiger partial charge < -0.3 is 45.5 Å². The fourth-order valence-corrected chi connectivity index (χ4v) is 9.90. The molecule has 2 spiro atoms. The third kappa shape index (κ3) is 9.75. The Kier molecular flexibility index (Phi) is 14.0. The van der Waals surface area contributed by atoms with Crippen molar-refractivity contribution in [3.8, 4) is 23.0 Å². The Morgan fingerprint density at radius 1 is 0.632 bits per heavy atom. The van der Waals surface area contributed by atoms with E-state index in [1.54, 1.807) is 56.7 Å². The predicted molar refractivity (Wildman–Crippen MR) is 256 cm³/mol. The first-order chi connectivity index (χ1) is 33.0. The minimum absolute atomic E-state index is 0.0188. The van der Waals surface area contributed by atoms with Crippen LogP contribution < -0.4 is 45.5 Å². The van der Waals surface area contributed by atoms with Crippen LogP contribution in [0, 0.1) is 11.6 Å². The zero-order valence-electron chi connectivity index (χ0n) is 37.5. The van der Waals surface area contributed by atoms with Crippen molar-refractivity contribution in [3.63, 3.8) is 0 Å². The molecule has 0 bridgehead atoms. The van der Waals surface area contributed by atoms with Crippen molar-refractivity contribution >= 4 is 79.7 Å². The zero-order valence-corrected chi connectivity index (χ0v) is 39.0. The molecule has 2 aliphatic heterocycles. The number of amides is 1. The maximum Gasteiger partial charge on any atom is 0.240 e. The van der Waals surface area contributed by atoms with E-state index in [0.29, 0.717) is 88.0 Å². The van der Waals surface area contributed by atoms with E-state index < -0.39 is 22.7 Å². The molecule has 10 rings (SSSR count). The van der Waals surface area contributed by atoms with Gasteiger partial charge in [0.1, 0.15) is 24.3 Å². The maximum atomic E-state index is 14.5. The van der Waals surface area contributed by atoms with Crippen LogP contribution in [0.15, 0.2) is 73.3 Å². The number of ketones is 1. The molecule has 4 fully saturated rings. The highest BCUT2D eigenvalue weighted by atomic mass is 35.5. The number of nitrogens with one attached hydrogen (secondary N) is 5. The molecule has 356 valence electrons. The Morgan fingerprint density at radius 2 is 1.12 bits per heavy atom. The summed E-state index contributed by atoms with van der Waals surface area (Å²) in [6, 6.07) is 16.6. The van der Waals surface area contributed by atoms with E-state index in [1.807, 2.05) is 6.07 Å². The summed E-state index contributed by atoms with van der Waals surface area (Å²) in [4.78, 5) is 42.2. The second kappa shape index (κ2) is 20.2. The van der Waals surface area contributed by atoms with Gasteiger partial charge in [-0.05, 0) is 101 Å². The molecule has 2 saturated carbocycles. The highest BCUT2D eigenvalue weighted by molar-refractivity contribution is 6.31. The van der Waals surface area contributed by atoms with Crippen molar-refractivity contribution in [1.82, 2.24) is 35.9 Å². The van der Waals surface area contributed by atoms with Gasteiger partial charge in [0.2, 0.25) is 5.91 Å². The van der Waals surface area contributed by atoms with E-state index in [1.165, 1.54) is 24.8 Å². The normalized spacial score (nSPS) is 22.6. The average molecular weight is 971 g/mol. The van der Waals surface area contributed by atoms with Gasteiger partial charge in [0.15, 0.2) is 40.4 Å². The van der Waals surface area contributed by atoms with E-state index in [9.17, 15) is 18.4 Å². The molecule has 0 radical (unpaired) electrons. The summed E-state index contributed by atoms with van der Waals surface area (Å²) < 4.78 is 52.7. The number of nitrogens with zero attached hydrogens (tertiary/aromatic N) is 4. The molecule has 68 heavy (non-hydrogen) atoms. The largest absolute Gasteiger partial charge is 0.493 e. The summed E-state index contributed by atoms with van der Waals surface area (Å²) >= 11 is 11.8. The van der Waals surface area contributed by atoms with E-state index in [2.05, 4.69) is 46.5 Å². The van der Waals surface area contributed by atoms with Crippen molar-refractivity contribution in [2.45, 2.75) is 87.5 Å². The smallest absolute Gasteiger partial charge is 0.240 e. The molecular weight excluding hydrogens is 919 g/mol. The van der Waals surface area contributed by atoms with Gasteiger partial charge in [-0.1, -0.05) is 35.3 Å². The van der Waals surface area contributed by atoms with Crippen molar-refractivity contribution < 1.29 is 37.3 Å². The molecule has 4 aromatic carbocycles. The Bertz CT molecular complexity index is 2650. The van der Waals surface area contributed by atoms with Gasteiger partial charge in [-0.2, -0.15) is 0 Å². The van der Waals surface area contributed by atoms with Gasteiger partial charge in [0.05, 0.1) is 70.0 Å². The molecular formula is C49H51Cl2F2N9O6. The zero-order chi connectivity index (χ0) is 47.4. The number of piperazine rings is 1. The highest BCUT2D eigenvalue weighted by Gasteiger charge is 2.44. The lowest BCUT2D eigenvalue weighted by Crippen LogP contribution is -2.64. The summed E-state index contributed by atoms with van der Waals surface area (Å²) in [6.45, 7) is 2.32. The molecule has 6 aromatic rings. The van der Waals surface area contributed by atoms with Gasteiger partial charge in [-0.15, -0.1) is 0 Å². The average Bonchev–Trinajstić information content (AvgIpc) is 3.35. The monoisotopic (exact) mass is 969 g/mol. The van der Waals surface area contributed by atoms with Crippen LogP contribution in [-0.4, -0.2) is 88.8 Å². The number of carbonyl (C=O) groups excluding carboxylic acids is 2. The molecule has 4 heterocycles. The number of anilines is 4. The molecule has 15 nitrogen and oxygen atoms in total. The van der Waals surface area contributed by atoms with Gasteiger partial charge in [0.25, 0.3) is 0 Å². The molecule has 2 aliphatic carbocycles. The number of benzene rings is 4. The number of ether oxygens (including phenoxy) is 4. The quantitative estimate of drug-likeness (QED) is 0.0876. The van der Waals surface area contributed by atoms with Crippen LogP contribution in [0.3, 0.4) is 0 Å². The van der Waals surface area contributed by atoms with Crippen LogP contribution in [-0.2, 0) is 9.59 Å². The maximum absolute atomic E-state index is 14.5. The number of hydrogen-bond acceptors (Lipinski definition) is 14. The number of piperidine rings is 1. The number of rotatable bonds is 10. The molecule has 0 unspecified atom stereocenters. The van der Waals surface area contributed by atoms with E-state index >= 15 is 0 Å². The van der Waals surface area contributed by atoms with Crippen molar-refractivity contribution in [2.24, 2.45) is 0 Å². The highest BCUT2D eigenvalue weighted by Crippen LogP contribution is 2.41. The number of carbonyl (C=O) groups is 2. The number of methoxy groups -OCH3 is 2. The van der Waals surface area contributed by atoms with Gasteiger partial charge in [0, 0.05) is 42.4 Å². The van der Waals surface area contributed by atoms with Crippen LogP contribution in [0.5, 0.6) is 23.0 Å². The summed E-state index contributed by atoms with van der Waals surface area (Å²) in [6.07, 6.45) is 10.2. The van der Waals surface area contributed by atoms with Crippen molar-refractivity contribution in [3.05, 3.63) is 95.0 Å². The first-order valence-corrected chi connectivity index (χ1v) is 23.5. The fraction of sp³-hybridized carbons (Fsp3) is 0.388. The first kappa shape index (κ1) is 46.9. The summed E-state index contributed by atoms with van der Waals surface area (Å²) in [5, 5.41) is 17.2. The minimum Gasteiger partial charge on any atom is -0.493 e. The van der Waals surface area contributed by atoms with Crippen LogP contribution in [0.4, 0.5) is 31.8 Å². The minimum atomic E-state index is -0.558. The van der Waals surface area contributed by atoms with Crippen molar-refractivity contribution in [1.29, 1.82) is 0 Å². The lowest BCUT2D eigenvalue weighted by atomic mass is 9.74. The number of halogens is 4. The van der Waals surface area contributed by atoms with Gasteiger partial charge >= 0.3 is 0 Å². The molecule has 2 aromatic heterocycles. The Hall–Kier alpha value is -6.14. The van der Waals surface area contributed by atoms with Gasteiger partial charge in [-0.3, -0.25) is 9.59 Å². The van der Waals surface area contributed by atoms with Crippen LogP contribution in [0.1, 0.15) is 64.2 Å². The molecule has 0 atom stereocenters. The first-order valence-electron chi connectivity index (χ1n) is 22.7. The number of fused-ring (bicyclic) bond motifs is 2. The molecule has 1 amide bonds. The van der Waals surface area contributed by atoms with E-state index in [0.717, 1.165) is 58.0 Å². The van der Waals surface area contributed by atoms with Crippen LogP contribution >= 0.6 is 23.2 Å². The second-order valence-electron chi connectivity index (χ2n) is 17.4. The third-order valence-corrected chi connectivity index (χ3v) is 13.9. The molecule has 5 N–H and O–H groups in total. The van der Waals surface area contributed by atoms with Crippen LogP contribution in [0.25, 0.3) is 21.8 Å². The summed E-state index contributed by atoms with van der Waals surface area (Å²) in [5.41, 5.74) is 0.780. The SMILES string of the molecule is COc1cc2ncnc(Nc3cccc(Cl)c3F)c2cc1OC1CCC2(CC1)NCCCC2=O.COc1cc2ncnc(Nc3cccc(Cl)c3F)c2cc1OC1CCC2(CC1)NCCNC2=O. The Labute approximate surface area is 401 Å². The summed E-state index contributed by atoms with van der Waals surface area (Å²) in [7, 11) is 3.15. The number of hydrogen-bond donors (Lipinski definition) is 5. The number of aromatic nitrogens is 4. The van der Waals surface area contributed by atoms with Gasteiger partial charge in [-0.25, -0.2) is 28.7 Å². The van der Waals surface area contributed by atoms with Crippen molar-refractivity contribution in [2.75, 3.05) is 44.5 Å². The van der Waals surface area contributed by atoms with E-state index in [4.69, 9.17) is 42.1 Å². The Morgan fingerprint density at radius 3 is 1.59 bits per heavy atom. The fourth-order valence-electron chi connectivity index (χ4n) is 9.55. The second-order valence-corrected chi connectivity index (χ2v) is 18.2. The summed E-state index contributed by atoms with van der Waals surface area (Å²) in [5.74, 6) is 2.33. The lowest BCUT2D eigenvalue weighted by Gasteiger charge is -2.42. The molecule has 2 saturated heterocycles. The number of Topliss-reactive ketones (excluding diaryl/α,β-unsaturated/α-hetero) is 1. The molecule has 19 heteroatoms. The molecule has 4 aliphatic rings. The predicted octanol–water partition coefficient (Wildman–Crippen LogP) is 9.14. The third-order valence-electron chi connectivity index (χ3n) is 13.3. The van der Waals surface area contributed by atoms with E-state index in [-0.39, 0.29) is 39.5 Å². The lowest BCUT2D eigenvalue weighted by molar-refractivity contribution is -0.131. The Balaban J connectivity index is 0.000000170. The standard InChI is InChI=1S/C25H26ClFN4O3.C24H25ClFN5O3/c1-33-20-13-19-16(24(29-14-28-19)31-18-5-2-4-17(26)23(18)27)12-21(20)34-15-7-9-25(10-8-15)22(32)6-3-11-30-25;1-33-19-12-18-15(22(29-13-28-18)31-17-4-2-3-16(25)21(17)26)11-20(19)34-14-5-7-24(8-6-14)23(32)27-9-10-30-24/h2,4-5,12-15,30H,3,6-11H2,1H3,(H,28,29,31);2-4,11-14,30H,5-10H2,1H3,(H,27,32)(H,28,29,31). The van der Waals surface area contributed by atoms with Crippen LogP contribution in [0.2, 0.25) is 10.0 Å².